The van der Waals surface area contributed by atoms with E-state index in [1.807, 2.05) is 54.2 Å². The van der Waals surface area contributed by atoms with Crippen LogP contribution in [0.2, 0.25) is 0 Å². The Morgan fingerprint density at radius 3 is 1.90 bits per heavy atom. The molecular formula is C46H64N14O2. The van der Waals surface area contributed by atoms with E-state index in [1.54, 1.807) is 26.0 Å². The average Bonchev–Trinajstić information content (AvgIpc) is 3.76. The number of primary amides is 1. The van der Waals surface area contributed by atoms with Crippen LogP contribution in [0.3, 0.4) is 0 Å². The van der Waals surface area contributed by atoms with Crippen molar-refractivity contribution in [1.29, 1.82) is 10.8 Å². The zero-order chi connectivity index (χ0) is 44.9. The fraction of sp³-hybridized carbons (Fsp3) is 0.391. The van der Waals surface area contributed by atoms with E-state index >= 15 is 0 Å². The molecule has 16 heteroatoms. The molecule has 62 heavy (non-hydrogen) atoms. The smallest absolute Gasteiger partial charge is 0.296 e. The molecule has 3 heterocycles. The lowest BCUT2D eigenvalue weighted by atomic mass is 10.0. The number of nitrogens with one attached hydrogen (secondary N) is 7. The van der Waals surface area contributed by atoms with E-state index in [1.165, 1.54) is 6.08 Å². The van der Waals surface area contributed by atoms with E-state index in [-0.39, 0.29) is 11.4 Å². The molecule has 1 aliphatic rings. The first-order valence-electron chi connectivity index (χ1n) is 21.4. The lowest BCUT2D eigenvalue weighted by Crippen LogP contribution is -2.43. The van der Waals surface area contributed by atoms with Crippen LogP contribution in [-0.2, 0) is 30.7 Å². The van der Waals surface area contributed by atoms with Gasteiger partial charge in [-0.1, -0.05) is 32.2 Å². The largest absolute Gasteiger partial charge is 0.399 e. The molecule has 0 bridgehead atoms. The normalized spacial score (nSPS) is 14.6. The Morgan fingerprint density at radius 2 is 1.34 bits per heavy atom. The summed E-state index contributed by atoms with van der Waals surface area (Å²) in [7, 11) is 0. The first-order chi connectivity index (χ1) is 29.7. The molecule has 2 aromatic carbocycles. The van der Waals surface area contributed by atoms with Gasteiger partial charge in [-0.2, -0.15) is 4.99 Å². The first kappa shape index (κ1) is 46.5. The zero-order valence-corrected chi connectivity index (χ0v) is 36.9. The maximum atomic E-state index is 13.7. The van der Waals surface area contributed by atoms with Crippen molar-refractivity contribution in [2.24, 2.45) is 21.5 Å². The summed E-state index contributed by atoms with van der Waals surface area (Å²) in [6.45, 7) is 24.4. The summed E-state index contributed by atoms with van der Waals surface area (Å²) < 4.78 is 4.04. The number of carbonyl (C=O) groups excluding carboxylic acids is 2. The molecule has 0 unspecified atom stereocenters. The number of imidazole rings is 2. The highest BCUT2D eigenvalue weighted by molar-refractivity contribution is 6.02. The molecule has 2 amide bonds. The van der Waals surface area contributed by atoms with E-state index in [0.717, 1.165) is 85.2 Å². The summed E-state index contributed by atoms with van der Waals surface area (Å²) in [6, 6.07) is 7.58. The van der Waals surface area contributed by atoms with Crippen molar-refractivity contribution in [2.75, 3.05) is 45.8 Å². The fourth-order valence-electron chi connectivity index (χ4n) is 7.65. The molecule has 11 N–H and O–H groups in total. The number of unbranched alkanes of at least 4 members (excludes halogenated alkanes) is 1. The van der Waals surface area contributed by atoms with E-state index < -0.39 is 11.8 Å². The maximum Gasteiger partial charge on any atom is 0.296 e. The topological polar surface area (TPSA) is 239 Å². The van der Waals surface area contributed by atoms with Crippen molar-refractivity contribution < 1.29 is 9.59 Å². The molecular weight excluding hydrogens is 781 g/mol. The molecule has 330 valence electrons. The van der Waals surface area contributed by atoms with Gasteiger partial charge in [0, 0.05) is 75.0 Å². The molecule has 0 aliphatic carbocycles. The predicted molar refractivity (Wildman–Crippen MR) is 251 cm³/mol. The molecule has 0 spiro atoms. The lowest BCUT2D eigenvalue weighted by Gasteiger charge is -2.27. The summed E-state index contributed by atoms with van der Waals surface area (Å²) in [5.74, 6) is -1.03. The van der Waals surface area contributed by atoms with Gasteiger partial charge in [-0.15, -0.1) is 0 Å². The quantitative estimate of drug-likeness (QED) is 0.0194. The third-order valence-electron chi connectivity index (χ3n) is 10.5. The summed E-state index contributed by atoms with van der Waals surface area (Å²) in [5, 5.41) is 25.8. The number of allylic oxidation sites excluding steroid dienone is 4. The molecule has 2 aromatic heterocycles. The fourth-order valence-corrected chi connectivity index (χ4v) is 7.65. The van der Waals surface area contributed by atoms with Crippen LogP contribution in [0.4, 0.5) is 0 Å². The number of likely N-dealkylation sites (N-methyl/N-ethyl adjacent to an activating group) is 2. The Kier molecular flexibility index (Phi) is 16.4. The minimum atomic E-state index is -0.525. The summed E-state index contributed by atoms with van der Waals surface area (Å²) in [6.07, 6.45) is 10.6. The third kappa shape index (κ3) is 11.9. The molecule has 0 radical (unpaired) electrons. The second kappa shape index (κ2) is 21.8. The van der Waals surface area contributed by atoms with Gasteiger partial charge in [-0.05, 0) is 113 Å². The van der Waals surface area contributed by atoms with Crippen molar-refractivity contribution in [3.8, 4) is 0 Å². The minimum Gasteiger partial charge on any atom is -0.399 e. The van der Waals surface area contributed by atoms with Gasteiger partial charge >= 0.3 is 0 Å². The van der Waals surface area contributed by atoms with Gasteiger partial charge in [0.25, 0.3) is 5.91 Å². The van der Waals surface area contributed by atoms with Crippen molar-refractivity contribution >= 4 is 51.0 Å². The number of benzene rings is 2. The molecule has 16 nitrogen and oxygen atoms in total. The van der Waals surface area contributed by atoms with Gasteiger partial charge < -0.3 is 62.2 Å². The van der Waals surface area contributed by atoms with Crippen LogP contribution < -0.4 is 38.7 Å². The molecule has 1 saturated heterocycles. The number of nitrogens with zero attached hydrogens (tertiary/aromatic N) is 5. The molecule has 1 fully saturated rings. The number of aromatic amines is 2. The Labute approximate surface area is 363 Å². The van der Waals surface area contributed by atoms with Gasteiger partial charge in [0.15, 0.2) is 0 Å². The second-order valence-corrected chi connectivity index (χ2v) is 15.5. The number of amides is 2. The van der Waals surface area contributed by atoms with Gasteiger partial charge in [-0.25, -0.2) is 4.99 Å². The van der Waals surface area contributed by atoms with Crippen molar-refractivity contribution in [2.45, 2.75) is 73.4 Å². The van der Waals surface area contributed by atoms with E-state index in [9.17, 15) is 9.59 Å². The first-order valence-corrected chi connectivity index (χ1v) is 21.4. The number of aryl methyl sites for hydroxylation is 2. The van der Waals surface area contributed by atoms with E-state index in [2.05, 4.69) is 55.0 Å². The molecule has 1 aliphatic heterocycles. The highest BCUT2D eigenvalue weighted by Gasteiger charge is 2.17. The number of fused-ring (bicyclic) bond motifs is 2. The highest BCUT2D eigenvalue weighted by atomic mass is 16.2. The van der Waals surface area contributed by atoms with Crippen LogP contribution in [0, 0.1) is 10.8 Å². The number of aromatic nitrogens is 4. The van der Waals surface area contributed by atoms with Crippen LogP contribution in [0.5, 0.6) is 0 Å². The SMILES string of the molecule is C=C(/N=c1\[nH]c2cc(C(N)=O)cc(CC)c2n1C/C=C/Cn1/c(=N/C(=O)/C(=C/C(C)=N)NCC)[nH]c2cc(C(=C)N)cc(CCCCN3CCNCC3)c21)/C(=C/C(C)=N)NCC. The Morgan fingerprint density at radius 1 is 0.790 bits per heavy atom. The number of piperazine rings is 1. The van der Waals surface area contributed by atoms with Gasteiger partial charge in [0.2, 0.25) is 17.1 Å². The van der Waals surface area contributed by atoms with Crippen molar-refractivity contribution in [3.63, 3.8) is 0 Å². The number of hydrogen-bond donors (Lipinski definition) is 9. The number of hydrogen-bond acceptors (Lipinski definition) is 10. The van der Waals surface area contributed by atoms with Crippen LogP contribution in [0.1, 0.15) is 74.5 Å². The number of rotatable bonds is 21. The van der Waals surface area contributed by atoms with Crippen molar-refractivity contribution in [3.05, 3.63) is 112 Å². The minimum absolute atomic E-state index is 0.228. The monoisotopic (exact) mass is 845 g/mol. The van der Waals surface area contributed by atoms with E-state index in [4.69, 9.17) is 27.3 Å². The van der Waals surface area contributed by atoms with Gasteiger partial charge in [-0.3, -0.25) is 9.59 Å². The van der Waals surface area contributed by atoms with Crippen molar-refractivity contribution in [1.82, 2.24) is 40.0 Å². The lowest BCUT2D eigenvalue weighted by molar-refractivity contribution is -0.115. The van der Waals surface area contributed by atoms with Crippen LogP contribution in [-0.4, -0.2) is 93.1 Å². The maximum absolute atomic E-state index is 13.7. The summed E-state index contributed by atoms with van der Waals surface area (Å²) in [5.41, 5.74) is 21.6. The predicted octanol–water partition coefficient (Wildman–Crippen LogP) is 4.24. The summed E-state index contributed by atoms with van der Waals surface area (Å²) in [4.78, 5) is 44.9. The average molecular weight is 845 g/mol. The molecule has 5 rings (SSSR count). The molecule has 0 atom stereocenters. The van der Waals surface area contributed by atoms with E-state index in [0.29, 0.717) is 77.7 Å². The Hall–Kier alpha value is -6.52. The number of carbonyl (C=O) groups is 2. The van der Waals surface area contributed by atoms with Crippen LogP contribution >= 0.6 is 0 Å². The highest BCUT2D eigenvalue weighted by Crippen LogP contribution is 2.24. The van der Waals surface area contributed by atoms with Crippen LogP contribution in [0.25, 0.3) is 27.8 Å². The zero-order valence-electron chi connectivity index (χ0n) is 36.9. The Balaban J connectivity index is 1.62. The standard InChI is InChI=1S/C46H64N14O2/c1-8-33-25-36(43(50)61)28-39-41(33)59(45(55-39)54-32(7)37(52-9-2)23-29(4)47)19-13-14-20-60-42-34(15-11-12-18-58-21-16-51-17-22-58)26-35(31(6)49)27-38(42)56-46(60)57-44(62)40(53-10-3)24-30(5)48/h13-14,23-28,47-48,51-53H,6-12,15-22,49H2,1-5H3,(H2,50,61)(H,54,55)(H,56,57,62)/b14-13+,37-23-,40-24-,47-29?,48-30?. The van der Waals surface area contributed by atoms with Gasteiger partial charge in [0.1, 0.15) is 5.70 Å². The third-order valence-corrected chi connectivity index (χ3v) is 10.5. The molecule has 0 saturated carbocycles. The van der Waals surface area contributed by atoms with Gasteiger partial charge in [0.05, 0.1) is 33.5 Å². The number of H-pyrrole nitrogens is 2. The number of nitrogens with two attached hydrogens (primary N) is 2. The second-order valence-electron chi connectivity index (χ2n) is 15.5. The Bertz CT molecular complexity index is 2580. The van der Waals surface area contributed by atoms with Crippen LogP contribution in [0.15, 0.2) is 88.8 Å². The molecule has 4 aromatic rings. The summed E-state index contributed by atoms with van der Waals surface area (Å²) >= 11 is 0.